The topological polar surface area (TPSA) is 17.3 Å². The van der Waals surface area contributed by atoms with E-state index in [1.807, 2.05) is 30.8 Å². The van der Waals surface area contributed by atoms with Crippen molar-refractivity contribution >= 4 is 12.0 Å². The maximum Gasteiger partial charge on any atom is 0.135 e. The Bertz CT molecular complexity index is 262. The van der Waals surface area contributed by atoms with Crippen LogP contribution in [0.2, 0.25) is 0 Å². The summed E-state index contributed by atoms with van der Waals surface area (Å²) in [5.74, 6) is 0.991. The van der Waals surface area contributed by atoms with Crippen molar-refractivity contribution in [1.29, 1.82) is 0 Å². The molecule has 0 unspecified atom stereocenters. The summed E-state index contributed by atoms with van der Waals surface area (Å²) in [4.78, 5) is 4.20. The Morgan fingerprint density at radius 3 is 2.82 bits per heavy atom. The average Bonchev–Trinajstić information content (AvgIpc) is 2.29. The van der Waals surface area contributed by atoms with Gasteiger partial charge in [-0.25, -0.2) is 4.99 Å². The molecule has 0 aliphatic rings. The standard InChI is InChI=1S/C9H12N2/c1-4-6-10-9-8(2)5-7-11(9)3/h4-7H,1H2,2-3H3. The lowest BCUT2D eigenvalue weighted by Crippen LogP contribution is -1.83. The summed E-state index contributed by atoms with van der Waals surface area (Å²) in [6.07, 6.45) is 5.36. The molecule has 0 amide bonds. The van der Waals surface area contributed by atoms with Gasteiger partial charge in [0.2, 0.25) is 0 Å². The third-order valence-electron chi connectivity index (χ3n) is 1.54. The van der Waals surface area contributed by atoms with Gasteiger partial charge in [-0.15, -0.1) is 0 Å². The largest absolute Gasteiger partial charge is 0.336 e. The van der Waals surface area contributed by atoms with Crippen molar-refractivity contribution in [2.75, 3.05) is 0 Å². The predicted molar refractivity (Wildman–Crippen MR) is 48.5 cm³/mol. The first-order chi connectivity index (χ1) is 5.25. The summed E-state index contributed by atoms with van der Waals surface area (Å²) >= 11 is 0. The molecule has 0 saturated heterocycles. The molecule has 0 bridgehead atoms. The second-order valence-corrected chi connectivity index (χ2v) is 2.45. The highest BCUT2D eigenvalue weighted by molar-refractivity contribution is 5.73. The highest BCUT2D eigenvalue weighted by Crippen LogP contribution is 2.17. The average molecular weight is 148 g/mol. The van der Waals surface area contributed by atoms with Gasteiger partial charge in [0.1, 0.15) is 5.82 Å². The van der Waals surface area contributed by atoms with Crippen LogP contribution in [0.5, 0.6) is 0 Å². The molecular formula is C9H12N2. The molecule has 0 radical (unpaired) electrons. The zero-order valence-corrected chi connectivity index (χ0v) is 6.91. The third kappa shape index (κ3) is 1.58. The molecule has 0 aromatic carbocycles. The van der Waals surface area contributed by atoms with Gasteiger partial charge in [-0.1, -0.05) is 12.7 Å². The highest BCUT2D eigenvalue weighted by atomic mass is 15.0. The fraction of sp³-hybridized carbons (Fsp3) is 0.222. The Labute approximate surface area is 66.9 Å². The molecule has 0 fully saturated rings. The molecule has 2 heteroatoms. The zero-order valence-electron chi connectivity index (χ0n) is 6.91. The molecule has 58 valence electrons. The Hall–Kier alpha value is -1.31. The first kappa shape index (κ1) is 7.79. The van der Waals surface area contributed by atoms with E-state index < -0.39 is 0 Å². The molecule has 0 aliphatic carbocycles. The Morgan fingerprint density at radius 2 is 2.36 bits per heavy atom. The number of hydrogen-bond acceptors (Lipinski definition) is 1. The van der Waals surface area contributed by atoms with E-state index in [0.29, 0.717) is 0 Å². The molecule has 1 rings (SSSR count). The number of aryl methyl sites for hydroxylation is 2. The van der Waals surface area contributed by atoms with Crippen molar-refractivity contribution in [2.24, 2.45) is 12.0 Å². The number of allylic oxidation sites excluding steroid dienone is 1. The molecule has 0 spiro atoms. The summed E-state index contributed by atoms with van der Waals surface area (Å²) in [6.45, 7) is 5.60. The molecule has 1 aromatic heterocycles. The molecule has 0 atom stereocenters. The monoisotopic (exact) mass is 148 g/mol. The van der Waals surface area contributed by atoms with Crippen LogP contribution in [0.3, 0.4) is 0 Å². The maximum atomic E-state index is 4.20. The SMILES string of the molecule is C=CC=Nc1c(C)ccn1C. The maximum absolute atomic E-state index is 4.20. The fourth-order valence-electron chi connectivity index (χ4n) is 0.963. The number of nitrogens with zero attached hydrogens (tertiary/aromatic N) is 2. The molecular weight excluding hydrogens is 136 g/mol. The van der Waals surface area contributed by atoms with Gasteiger partial charge in [0.05, 0.1) is 0 Å². The van der Waals surface area contributed by atoms with Crippen LogP contribution in [0.1, 0.15) is 5.56 Å². The van der Waals surface area contributed by atoms with E-state index in [1.54, 1.807) is 12.3 Å². The van der Waals surface area contributed by atoms with Gasteiger partial charge in [0.25, 0.3) is 0 Å². The minimum atomic E-state index is 0.991. The summed E-state index contributed by atoms with van der Waals surface area (Å²) in [5.41, 5.74) is 1.19. The second kappa shape index (κ2) is 3.19. The van der Waals surface area contributed by atoms with Gasteiger partial charge >= 0.3 is 0 Å². The molecule has 0 saturated carbocycles. The minimum Gasteiger partial charge on any atom is -0.336 e. The molecule has 1 heterocycles. The molecule has 11 heavy (non-hydrogen) atoms. The van der Waals surface area contributed by atoms with E-state index in [1.165, 1.54) is 5.56 Å². The zero-order chi connectivity index (χ0) is 8.27. The Kier molecular flexibility index (Phi) is 2.26. The van der Waals surface area contributed by atoms with Crippen LogP contribution in [-0.4, -0.2) is 10.8 Å². The lowest BCUT2D eigenvalue weighted by atomic mass is 10.4. The van der Waals surface area contributed by atoms with Gasteiger partial charge in [0, 0.05) is 19.5 Å². The third-order valence-corrected chi connectivity index (χ3v) is 1.54. The normalized spacial score (nSPS) is 10.7. The first-order valence-corrected chi connectivity index (χ1v) is 3.52. The fourth-order valence-corrected chi connectivity index (χ4v) is 0.963. The quantitative estimate of drug-likeness (QED) is 0.572. The van der Waals surface area contributed by atoms with Crippen molar-refractivity contribution < 1.29 is 0 Å². The first-order valence-electron chi connectivity index (χ1n) is 3.52. The van der Waals surface area contributed by atoms with Gasteiger partial charge in [0.15, 0.2) is 0 Å². The van der Waals surface area contributed by atoms with E-state index in [4.69, 9.17) is 0 Å². The summed E-state index contributed by atoms with van der Waals surface area (Å²) in [5, 5.41) is 0. The molecule has 1 aromatic rings. The lowest BCUT2D eigenvalue weighted by Gasteiger charge is -1.95. The van der Waals surface area contributed by atoms with Crippen molar-refractivity contribution in [3.05, 3.63) is 30.5 Å². The molecule has 2 nitrogen and oxygen atoms in total. The van der Waals surface area contributed by atoms with Crippen LogP contribution in [0.4, 0.5) is 5.82 Å². The lowest BCUT2D eigenvalue weighted by molar-refractivity contribution is 0.923. The Balaban J connectivity index is 3.00. The van der Waals surface area contributed by atoms with Crippen LogP contribution in [0.25, 0.3) is 0 Å². The highest BCUT2D eigenvalue weighted by Gasteiger charge is 1.97. The molecule has 0 aliphatic heterocycles. The second-order valence-electron chi connectivity index (χ2n) is 2.45. The summed E-state index contributed by atoms with van der Waals surface area (Å²) < 4.78 is 1.98. The van der Waals surface area contributed by atoms with Crippen LogP contribution in [0.15, 0.2) is 29.9 Å². The summed E-state index contributed by atoms with van der Waals surface area (Å²) in [7, 11) is 1.97. The number of rotatable bonds is 2. The van der Waals surface area contributed by atoms with E-state index in [9.17, 15) is 0 Å². The van der Waals surface area contributed by atoms with Crippen LogP contribution in [0, 0.1) is 6.92 Å². The number of hydrogen-bond donors (Lipinski definition) is 0. The minimum absolute atomic E-state index is 0.991. The smallest absolute Gasteiger partial charge is 0.135 e. The van der Waals surface area contributed by atoms with Crippen molar-refractivity contribution in [3.63, 3.8) is 0 Å². The number of aliphatic imine (C=N–C) groups is 1. The van der Waals surface area contributed by atoms with E-state index in [-0.39, 0.29) is 0 Å². The predicted octanol–water partition coefficient (Wildman–Crippen LogP) is 2.22. The van der Waals surface area contributed by atoms with Gasteiger partial charge < -0.3 is 4.57 Å². The van der Waals surface area contributed by atoms with Crippen LogP contribution < -0.4 is 0 Å². The summed E-state index contributed by atoms with van der Waals surface area (Å²) in [6, 6.07) is 2.04. The Morgan fingerprint density at radius 1 is 1.64 bits per heavy atom. The van der Waals surface area contributed by atoms with Gasteiger partial charge in [-0.2, -0.15) is 0 Å². The van der Waals surface area contributed by atoms with Crippen LogP contribution in [-0.2, 0) is 7.05 Å². The van der Waals surface area contributed by atoms with E-state index >= 15 is 0 Å². The van der Waals surface area contributed by atoms with Gasteiger partial charge in [-0.05, 0) is 18.6 Å². The van der Waals surface area contributed by atoms with Crippen LogP contribution >= 0.6 is 0 Å². The number of aromatic nitrogens is 1. The van der Waals surface area contributed by atoms with Crippen molar-refractivity contribution in [2.45, 2.75) is 6.92 Å². The van der Waals surface area contributed by atoms with Gasteiger partial charge in [-0.3, -0.25) is 0 Å². The van der Waals surface area contributed by atoms with E-state index in [0.717, 1.165) is 5.82 Å². The molecule has 0 N–H and O–H groups in total. The van der Waals surface area contributed by atoms with Crippen molar-refractivity contribution in [3.8, 4) is 0 Å². The van der Waals surface area contributed by atoms with Crippen molar-refractivity contribution in [1.82, 2.24) is 4.57 Å². The van der Waals surface area contributed by atoms with E-state index in [2.05, 4.69) is 11.6 Å².